The van der Waals surface area contributed by atoms with E-state index in [1.807, 2.05) is 38.1 Å². The molecule has 1 unspecified atom stereocenters. The zero-order valence-electron chi connectivity index (χ0n) is 23.3. The van der Waals surface area contributed by atoms with Gasteiger partial charge in [-0.1, -0.05) is 41.7 Å². The summed E-state index contributed by atoms with van der Waals surface area (Å²) in [6.07, 6.45) is 0.210. The molecule has 0 bridgehead atoms. The van der Waals surface area contributed by atoms with E-state index in [1.54, 1.807) is 12.1 Å². The van der Waals surface area contributed by atoms with E-state index < -0.39 is 34.5 Å². The highest BCUT2D eigenvalue weighted by Crippen LogP contribution is 2.37. The molecule has 1 aliphatic heterocycles. The first-order valence-corrected chi connectivity index (χ1v) is 15.6. The maximum atomic E-state index is 13.7. The molecule has 1 aromatic heterocycles. The highest BCUT2D eigenvalue weighted by Gasteiger charge is 2.38. The Bertz CT molecular complexity index is 1780. The number of amides is 2. The molecule has 2 heterocycles. The highest BCUT2D eigenvalue weighted by atomic mass is 32.2. The van der Waals surface area contributed by atoms with Crippen molar-refractivity contribution >= 4 is 60.2 Å². The molecule has 0 saturated heterocycles. The van der Waals surface area contributed by atoms with Gasteiger partial charge < -0.3 is 10.1 Å². The van der Waals surface area contributed by atoms with Gasteiger partial charge in [-0.2, -0.15) is 4.31 Å². The average molecular weight is 607 g/mol. The van der Waals surface area contributed by atoms with Crippen LogP contribution in [0, 0.1) is 13.8 Å². The first-order valence-electron chi connectivity index (χ1n) is 13.3. The smallest absolute Gasteiger partial charge is 0.308 e. The van der Waals surface area contributed by atoms with Crippen LogP contribution in [0.2, 0.25) is 0 Å². The monoisotopic (exact) mass is 606 g/mol. The van der Waals surface area contributed by atoms with E-state index >= 15 is 0 Å². The minimum Gasteiger partial charge on any atom is -0.456 e. The average Bonchev–Trinajstić information content (AvgIpc) is 3.34. The number of aryl methyl sites for hydroxylation is 2. The van der Waals surface area contributed by atoms with Gasteiger partial charge in [-0.3, -0.25) is 19.7 Å². The topological polar surface area (TPSA) is 135 Å². The number of sulfonamides is 1. The van der Waals surface area contributed by atoms with E-state index in [0.29, 0.717) is 22.8 Å². The molecule has 0 aliphatic carbocycles. The predicted octanol–water partition coefficient (Wildman–Crippen LogP) is 4.73. The van der Waals surface area contributed by atoms with Crippen molar-refractivity contribution in [3.05, 3.63) is 82.9 Å². The third-order valence-corrected chi connectivity index (χ3v) is 9.79. The summed E-state index contributed by atoms with van der Waals surface area (Å²) < 4.78 is 35.0. The zero-order chi connectivity index (χ0) is 30.0. The molecule has 3 aromatic carbocycles. The van der Waals surface area contributed by atoms with Crippen LogP contribution < -0.4 is 10.6 Å². The van der Waals surface area contributed by atoms with E-state index in [-0.39, 0.29) is 23.8 Å². The first-order chi connectivity index (χ1) is 20.0. The van der Waals surface area contributed by atoms with Gasteiger partial charge in [-0.15, -0.1) is 0 Å². The zero-order valence-corrected chi connectivity index (χ0v) is 25.0. The number of ether oxygens (including phenoxy) is 1. The van der Waals surface area contributed by atoms with Crippen LogP contribution in [0.1, 0.15) is 41.6 Å². The Balaban J connectivity index is 1.29. The molecule has 1 aliphatic rings. The van der Waals surface area contributed by atoms with E-state index in [1.165, 1.54) is 46.8 Å². The van der Waals surface area contributed by atoms with E-state index in [2.05, 4.69) is 15.6 Å². The Morgan fingerprint density at radius 1 is 1.05 bits per heavy atom. The molecule has 218 valence electrons. The van der Waals surface area contributed by atoms with Crippen LogP contribution in [0.15, 0.2) is 65.6 Å². The number of rotatable bonds is 8. The molecular weight excluding hydrogens is 576 g/mol. The van der Waals surface area contributed by atoms with Crippen LogP contribution in [-0.4, -0.2) is 48.6 Å². The number of benzene rings is 3. The van der Waals surface area contributed by atoms with E-state index in [9.17, 15) is 22.8 Å². The molecule has 2 amide bonds. The minimum absolute atomic E-state index is 0.0370. The number of thiazole rings is 1. The summed E-state index contributed by atoms with van der Waals surface area (Å²) in [5.41, 5.74) is 5.03. The van der Waals surface area contributed by atoms with Gasteiger partial charge >= 0.3 is 5.97 Å². The second-order valence-electron chi connectivity index (χ2n) is 10.1. The number of aromatic nitrogens is 1. The van der Waals surface area contributed by atoms with Crippen LogP contribution in [0.3, 0.4) is 0 Å². The van der Waals surface area contributed by atoms with Crippen molar-refractivity contribution in [2.75, 3.05) is 23.8 Å². The summed E-state index contributed by atoms with van der Waals surface area (Å²) in [6.45, 7) is 4.95. The van der Waals surface area contributed by atoms with Crippen LogP contribution in [0.25, 0.3) is 10.2 Å². The van der Waals surface area contributed by atoms with Crippen LogP contribution >= 0.6 is 11.3 Å². The molecule has 0 spiro atoms. The van der Waals surface area contributed by atoms with Crippen LogP contribution in [0.5, 0.6) is 0 Å². The number of esters is 1. The summed E-state index contributed by atoms with van der Waals surface area (Å²) in [7, 11) is -4.01. The molecular formula is C30H30N4O6S2. The van der Waals surface area contributed by atoms with Gasteiger partial charge in [0.1, 0.15) is 0 Å². The summed E-state index contributed by atoms with van der Waals surface area (Å²) >= 11 is 1.34. The SMILES string of the molecule is CC(=O)Nc1ccc(S(=O)(=O)N2CCc3ccccc3C2CC(=O)OCC(=O)Nc2nc3c(C)cc(C)cc3s2)cc1. The second-order valence-corrected chi connectivity index (χ2v) is 13.1. The molecule has 2 N–H and O–H groups in total. The van der Waals surface area contributed by atoms with Gasteiger partial charge in [-0.25, -0.2) is 13.4 Å². The molecule has 12 heteroatoms. The molecule has 42 heavy (non-hydrogen) atoms. The van der Waals surface area contributed by atoms with Gasteiger partial charge in [0.15, 0.2) is 11.7 Å². The quantitative estimate of drug-likeness (QED) is 0.277. The fraction of sp³-hybridized carbons (Fsp3) is 0.267. The van der Waals surface area contributed by atoms with Crippen molar-refractivity contribution < 1.29 is 27.5 Å². The van der Waals surface area contributed by atoms with E-state index in [0.717, 1.165) is 26.9 Å². The third-order valence-electron chi connectivity index (χ3n) is 6.94. The Hall–Kier alpha value is -4.13. The number of nitrogens with one attached hydrogen (secondary N) is 2. The lowest BCUT2D eigenvalue weighted by Gasteiger charge is -2.36. The number of hydrogen-bond acceptors (Lipinski definition) is 8. The van der Waals surface area contributed by atoms with Crippen LogP contribution in [-0.2, 0) is 35.6 Å². The molecule has 0 fully saturated rings. The predicted molar refractivity (Wildman–Crippen MR) is 161 cm³/mol. The van der Waals surface area contributed by atoms with Gasteiger partial charge in [0.25, 0.3) is 5.91 Å². The van der Waals surface area contributed by atoms with Gasteiger partial charge in [0, 0.05) is 19.2 Å². The number of fused-ring (bicyclic) bond motifs is 2. The standard InChI is InChI=1S/C30H30N4O6S2/c1-18-14-19(2)29-26(15-18)41-30(33-29)32-27(36)17-40-28(37)16-25-24-7-5-4-6-21(24)12-13-34(25)42(38,39)23-10-8-22(9-11-23)31-20(3)35/h4-11,14-15,25H,12-13,16-17H2,1-3H3,(H,31,35)(H,32,33,36). The Morgan fingerprint density at radius 2 is 1.79 bits per heavy atom. The summed E-state index contributed by atoms with van der Waals surface area (Å²) in [4.78, 5) is 41.4. The largest absolute Gasteiger partial charge is 0.456 e. The molecule has 4 aromatic rings. The number of anilines is 2. The normalized spacial score (nSPS) is 15.2. The van der Waals surface area contributed by atoms with Crippen molar-refractivity contribution in [1.82, 2.24) is 9.29 Å². The molecule has 10 nitrogen and oxygen atoms in total. The summed E-state index contributed by atoms with van der Waals surface area (Å²) in [5.74, 6) is -1.51. The van der Waals surface area contributed by atoms with Crippen LogP contribution in [0.4, 0.5) is 10.8 Å². The summed E-state index contributed by atoms with van der Waals surface area (Å²) in [5, 5.41) is 5.70. The number of nitrogens with zero attached hydrogens (tertiary/aromatic N) is 2. The second kappa shape index (κ2) is 12.0. The molecule has 0 saturated carbocycles. The van der Waals surface area contributed by atoms with Gasteiger partial charge in [-0.05, 0) is 72.9 Å². The lowest BCUT2D eigenvalue weighted by atomic mass is 9.92. The fourth-order valence-corrected chi connectivity index (χ4v) is 7.78. The molecule has 0 radical (unpaired) electrons. The fourth-order valence-electron chi connectivity index (χ4n) is 5.12. The highest BCUT2D eigenvalue weighted by molar-refractivity contribution is 7.89. The lowest BCUT2D eigenvalue weighted by molar-refractivity contribution is -0.148. The van der Waals surface area contributed by atoms with Crippen molar-refractivity contribution in [2.24, 2.45) is 0 Å². The minimum atomic E-state index is -4.01. The maximum Gasteiger partial charge on any atom is 0.308 e. The van der Waals surface area contributed by atoms with Crippen molar-refractivity contribution in [3.63, 3.8) is 0 Å². The number of hydrogen-bond donors (Lipinski definition) is 2. The Morgan fingerprint density at radius 3 is 2.52 bits per heavy atom. The maximum absolute atomic E-state index is 13.7. The molecule has 1 atom stereocenters. The third kappa shape index (κ3) is 6.35. The number of carbonyl (C=O) groups excluding carboxylic acids is 3. The van der Waals surface area contributed by atoms with Gasteiger partial charge in [0.2, 0.25) is 15.9 Å². The lowest BCUT2D eigenvalue weighted by Crippen LogP contribution is -2.41. The Kier molecular flexibility index (Phi) is 8.39. The van der Waals surface area contributed by atoms with Crippen molar-refractivity contribution in [1.29, 1.82) is 0 Å². The van der Waals surface area contributed by atoms with Crippen molar-refractivity contribution in [3.8, 4) is 0 Å². The van der Waals surface area contributed by atoms with E-state index in [4.69, 9.17) is 4.74 Å². The molecule has 5 rings (SSSR count). The number of carbonyl (C=O) groups is 3. The Labute approximate surface area is 247 Å². The first kappa shape index (κ1) is 29.4. The van der Waals surface area contributed by atoms with Gasteiger partial charge in [0.05, 0.1) is 27.6 Å². The van der Waals surface area contributed by atoms with Crippen molar-refractivity contribution in [2.45, 2.75) is 44.6 Å². The summed E-state index contributed by atoms with van der Waals surface area (Å²) in [6, 6.07) is 16.5.